The van der Waals surface area contributed by atoms with Crippen molar-refractivity contribution in [3.05, 3.63) is 0 Å². The Morgan fingerprint density at radius 3 is 2.78 bits per heavy atom. The van der Waals surface area contributed by atoms with E-state index in [0.29, 0.717) is 12.6 Å². The van der Waals surface area contributed by atoms with E-state index in [1.165, 1.54) is 0 Å². The van der Waals surface area contributed by atoms with Crippen molar-refractivity contribution in [1.29, 1.82) is 0 Å². The molecule has 1 fully saturated rings. The zero-order chi connectivity index (χ0) is 6.69. The molecule has 1 rings (SSSR count). The van der Waals surface area contributed by atoms with E-state index >= 15 is 0 Å². The summed E-state index contributed by atoms with van der Waals surface area (Å²) in [4.78, 5) is 0. The standard InChI is InChI=1S/C6H14N2O/c7-4-6-3-5(8)1-2-9-6/h5-6H,1-4,7-8H2/t5?,6-/m0/s1. The van der Waals surface area contributed by atoms with E-state index in [9.17, 15) is 0 Å². The van der Waals surface area contributed by atoms with E-state index in [2.05, 4.69) is 0 Å². The molecule has 0 saturated carbocycles. The predicted octanol–water partition coefficient (Wildman–Crippen LogP) is -0.549. The largest absolute Gasteiger partial charge is 0.377 e. The first-order chi connectivity index (χ1) is 4.33. The second-order valence-corrected chi connectivity index (χ2v) is 2.51. The van der Waals surface area contributed by atoms with Crippen LogP contribution in [0, 0.1) is 0 Å². The predicted molar refractivity (Wildman–Crippen MR) is 36.0 cm³/mol. The second-order valence-electron chi connectivity index (χ2n) is 2.51. The SMILES string of the molecule is NC[C@@H]1CC(N)CCO1. The number of nitrogens with two attached hydrogens (primary N) is 2. The smallest absolute Gasteiger partial charge is 0.0712 e. The van der Waals surface area contributed by atoms with Gasteiger partial charge in [-0.05, 0) is 12.8 Å². The number of ether oxygens (including phenoxy) is 1. The average molecular weight is 130 g/mol. The molecule has 1 heterocycles. The van der Waals surface area contributed by atoms with Crippen LogP contribution in [0.1, 0.15) is 12.8 Å². The molecule has 0 aromatic rings. The third kappa shape index (κ3) is 1.93. The van der Waals surface area contributed by atoms with Crippen LogP contribution in [-0.4, -0.2) is 25.3 Å². The summed E-state index contributed by atoms with van der Waals surface area (Å²) in [5, 5.41) is 0. The van der Waals surface area contributed by atoms with E-state index in [1.807, 2.05) is 0 Å². The normalized spacial score (nSPS) is 36.7. The van der Waals surface area contributed by atoms with Crippen molar-refractivity contribution in [2.45, 2.75) is 25.0 Å². The van der Waals surface area contributed by atoms with E-state index in [4.69, 9.17) is 16.2 Å². The van der Waals surface area contributed by atoms with Crippen LogP contribution in [0.15, 0.2) is 0 Å². The van der Waals surface area contributed by atoms with Crippen LogP contribution in [0.2, 0.25) is 0 Å². The van der Waals surface area contributed by atoms with Crippen LogP contribution in [0.3, 0.4) is 0 Å². The van der Waals surface area contributed by atoms with Gasteiger partial charge in [0.05, 0.1) is 6.10 Å². The Balaban J connectivity index is 2.23. The molecule has 0 bridgehead atoms. The van der Waals surface area contributed by atoms with Crippen molar-refractivity contribution in [2.75, 3.05) is 13.2 Å². The highest BCUT2D eigenvalue weighted by Crippen LogP contribution is 2.09. The fourth-order valence-electron chi connectivity index (χ4n) is 1.07. The van der Waals surface area contributed by atoms with E-state index in [0.717, 1.165) is 19.4 Å². The molecule has 1 unspecified atom stereocenters. The first kappa shape index (κ1) is 6.99. The van der Waals surface area contributed by atoms with Crippen LogP contribution in [-0.2, 0) is 4.74 Å². The minimum absolute atomic E-state index is 0.216. The Hall–Kier alpha value is -0.120. The fourth-order valence-corrected chi connectivity index (χ4v) is 1.07. The molecular weight excluding hydrogens is 116 g/mol. The molecule has 4 N–H and O–H groups in total. The Morgan fingerprint density at radius 1 is 1.56 bits per heavy atom. The Morgan fingerprint density at radius 2 is 2.33 bits per heavy atom. The quantitative estimate of drug-likeness (QED) is 0.500. The highest BCUT2D eigenvalue weighted by atomic mass is 16.5. The summed E-state index contributed by atoms with van der Waals surface area (Å²) in [6.45, 7) is 1.39. The van der Waals surface area contributed by atoms with Gasteiger partial charge in [0, 0.05) is 19.2 Å². The van der Waals surface area contributed by atoms with Crippen LogP contribution in [0.5, 0.6) is 0 Å². The molecule has 0 amide bonds. The summed E-state index contributed by atoms with van der Waals surface area (Å²) in [7, 11) is 0. The maximum Gasteiger partial charge on any atom is 0.0712 e. The van der Waals surface area contributed by atoms with E-state index in [-0.39, 0.29) is 6.10 Å². The van der Waals surface area contributed by atoms with Crippen molar-refractivity contribution in [2.24, 2.45) is 11.5 Å². The van der Waals surface area contributed by atoms with Crippen LogP contribution in [0.4, 0.5) is 0 Å². The molecule has 2 atom stereocenters. The zero-order valence-corrected chi connectivity index (χ0v) is 5.55. The van der Waals surface area contributed by atoms with Gasteiger partial charge in [0.15, 0.2) is 0 Å². The van der Waals surface area contributed by atoms with Crippen molar-refractivity contribution >= 4 is 0 Å². The van der Waals surface area contributed by atoms with Gasteiger partial charge in [0.2, 0.25) is 0 Å². The summed E-state index contributed by atoms with van der Waals surface area (Å²) >= 11 is 0. The summed E-state index contributed by atoms with van der Waals surface area (Å²) < 4.78 is 5.29. The Labute approximate surface area is 55.4 Å². The van der Waals surface area contributed by atoms with Gasteiger partial charge < -0.3 is 16.2 Å². The number of hydrogen-bond acceptors (Lipinski definition) is 3. The third-order valence-corrected chi connectivity index (χ3v) is 1.67. The minimum Gasteiger partial charge on any atom is -0.377 e. The molecule has 3 nitrogen and oxygen atoms in total. The van der Waals surface area contributed by atoms with Crippen molar-refractivity contribution in [3.63, 3.8) is 0 Å². The van der Waals surface area contributed by atoms with Crippen molar-refractivity contribution in [3.8, 4) is 0 Å². The highest BCUT2D eigenvalue weighted by Gasteiger charge is 2.17. The molecule has 3 heteroatoms. The molecule has 1 aliphatic rings. The van der Waals surface area contributed by atoms with Gasteiger partial charge in [-0.2, -0.15) is 0 Å². The first-order valence-electron chi connectivity index (χ1n) is 3.40. The lowest BCUT2D eigenvalue weighted by molar-refractivity contribution is 0.0139. The summed E-state index contributed by atoms with van der Waals surface area (Å²) in [5.74, 6) is 0. The third-order valence-electron chi connectivity index (χ3n) is 1.67. The van der Waals surface area contributed by atoms with Crippen molar-refractivity contribution in [1.82, 2.24) is 0 Å². The monoisotopic (exact) mass is 130 g/mol. The van der Waals surface area contributed by atoms with Gasteiger partial charge in [-0.3, -0.25) is 0 Å². The molecule has 0 aliphatic carbocycles. The van der Waals surface area contributed by atoms with Crippen LogP contribution >= 0.6 is 0 Å². The molecule has 0 radical (unpaired) electrons. The summed E-state index contributed by atoms with van der Waals surface area (Å²) in [6.07, 6.45) is 2.13. The number of rotatable bonds is 1. The van der Waals surface area contributed by atoms with E-state index in [1.54, 1.807) is 0 Å². The van der Waals surface area contributed by atoms with Gasteiger partial charge in [-0.1, -0.05) is 0 Å². The van der Waals surface area contributed by atoms with Gasteiger partial charge >= 0.3 is 0 Å². The Kier molecular flexibility index (Phi) is 2.45. The van der Waals surface area contributed by atoms with E-state index < -0.39 is 0 Å². The van der Waals surface area contributed by atoms with Crippen LogP contribution < -0.4 is 11.5 Å². The molecule has 1 saturated heterocycles. The topological polar surface area (TPSA) is 61.3 Å². The van der Waals surface area contributed by atoms with Crippen molar-refractivity contribution < 1.29 is 4.74 Å². The average Bonchev–Trinajstić information content (AvgIpc) is 1.88. The molecular formula is C6H14N2O. The molecule has 0 spiro atoms. The second kappa shape index (κ2) is 3.15. The molecule has 0 aromatic carbocycles. The molecule has 0 aromatic heterocycles. The maximum absolute atomic E-state index is 5.67. The summed E-state index contributed by atoms with van der Waals surface area (Å²) in [6, 6.07) is 0.312. The van der Waals surface area contributed by atoms with Gasteiger partial charge in [0.25, 0.3) is 0 Å². The van der Waals surface area contributed by atoms with Gasteiger partial charge in [0.1, 0.15) is 0 Å². The minimum atomic E-state index is 0.216. The van der Waals surface area contributed by atoms with Crippen LogP contribution in [0.25, 0.3) is 0 Å². The van der Waals surface area contributed by atoms with Gasteiger partial charge in [-0.15, -0.1) is 0 Å². The molecule has 9 heavy (non-hydrogen) atoms. The van der Waals surface area contributed by atoms with Gasteiger partial charge in [-0.25, -0.2) is 0 Å². The molecule has 54 valence electrons. The highest BCUT2D eigenvalue weighted by molar-refractivity contribution is 4.73. The lowest BCUT2D eigenvalue weighted by Crippen LogP contribution is -2.38. The Bertz CT molecular complexity index is 87.1. The molecule has 1 aliphatic heterocycles. The lowest BCUT2D eigenvalue weighted by Gasteiger charge is -2.25. The number of hydrogen-bond donors (Lipinski definition) is 2. The first-order valence-corrected chi connectivity index (χ1v) is 3.40. The lowest BCUT2D eigenvalue weighted by atomic mass is 10.0. The zero-order valence-electron chi connectivity index (χ0n) is 5.55. The maximum atomic E-state index is 5.67. The summed E-state index contributed by atoms with van der Waals surface area (Å²) in [5.41, 5.74) is 11.1. The fraction of sp³-hybridized carbons (Fsp3) is 1.00.